The molecule has 0 aliphatic heterocycles. The Morgan fingerprint density at radius 2 is 2.07 bits per heavy atom. The van der Waals surface area contributed by atoms with Gasteiger partial charge < -0.3 is 10.4 Å². The quantitative estimate of drug-likeness (QED) is 0.726. The van der Waals surface area contributed by atoms with Crippen molar-refractivity contribution >= 4 is 40.7 Å². The molecular weight excluding hydrogens is 435 g/mol. The number of carbonyl (C=O) groups is 1. The highest BCUT2D eigenvalue weighted by Crippen LogP contribution is 2.44. The number of nitrogens with zero attached hydrogens (tertiary/aromatic N) is 2. The first-order valence-electron chi connectivity index (χ1n) is 8.48. The van der Waals surface area contributed by atoms with Gasteiger partial charge in [0.1, 0.15) is 12.0 Å². The Labute approximate surface area is 175 Å². The van der Waals surface area contributed by atoms with Crippen molar-refractivity contribution < 1.29 is 18.7 Å². The molecule has 10 heteroatoms. The van der Waals surface area contributed by atoms with E-state index >= 15 is 0 Å². The largest absolute Gasteiger partial charge is 0.387 e. The summed E-state index contributed by atoms with van der Waals surface area (Å²) in [6, 6.07) is 5.42. The highest BCUT2D eigenvalue weighted by Gasteiger charge is 2.44. The minimum Gasteiger partial charge on any atom is -0.387 e. The highest BCUT2D eigenvalue weighted by molar-refractivity contribution is 6.34. The summed E-state index contributed by atoms with van der Waals surface area (Å²) in [5, 5.41) is 20.5. The molecule has 1 saturated carbocycles. The summed E-state index contributed by atoms with van der Waals surface area (Å²) in [6.07, 6.45) is -1.04. The smallest absolute Gasteiger partial charge is 0.254 e. The number of carbonyl (C=O) groups excluding carboxylic acids is 1. The SMILES string of the molecule is O=C(NC[C@]1(O)CC[C@H](F)CC1c1cccc(F)c1Cl)c1cc(Cl)nnc1Cl. The lowest BCUT2D eigenvalue weighted by molar-refractivity contribution is -0.0331. The molecule has 1 aromatic carbocycles. The van der Waals surface area contributed by atoms with Crippen LogP contribution in [-0.4, -0.2) is 39.5 Å². The lowest BCUT2D eigenvalue weighted by Crippen LogP contribution is -2.50. The number of rotatable bonds is 4. The van der Waals surface area contributed by atoms with Crippen LogP contribution in [0.5, 0.6) is 0 Å². The van der Waals surface area contributed by atoms with Gasteiger partial charge in [-0.2, -0.15) is 0 Å². The third-order valence-corrected chi connectivity index (χ3v) is 5.77. The minimum atomic E-state index is -1.52. The number of aliphatic hydroxyl groups is 1. The average Bonchev–Trinajstić information content (AvgIpc) is 2.66. The molecule has 0 saturated heterocycles. The van der Waals surface area contributed by atoms with Gasteiger partial charge >= 0.3 is 0 Å². The van der Waals surface area contributed by atoms with Crippen LogP contribution in [0.3, 0.4) is 0 Å². The molecule has 0 radical (unpaired) electrons. The normalized spacial score (nSPS) is 24.8. The van der Waals surface area contributed by atoms with Crippen molar-refractivity contribution in [1.29, 1.82) is 0 Å². The monoisotopic (exact) mass is 449 g/mol. The molecule has 5 nitrogen and oxygen atoms in total. The number of hydrogen-bond donors (Lipinski definition) is 2. The fourth-order valence-corrected chi connectivity index (χ4v) is 4.02. The number of aromatic nitrogens is 2. The van der Waals surface area contributed by atoms with Crippen molar-refractivity contribution in [2.24, 2.45) is 0 Å². The topological polar surface area (TPSA) is 75.1 Å². The van der Waals surface area contributed by atoms with Crippen molar-refractivity contribution in [3.8, 4) is 0 Å². The van der Waals surface area contributed by atoms with Crippen LogP contribution in [0.25, 0.3) is 0 Å². The van der Waals surface area contributed by atoms with Crippen LogP contribution in [0.4, 0.5) is 8.78 Å². The minimum absolute atomic E-state index is 0.00946. The van der Waals surface area contributed by atoms with Crippen LogP contribution in [0.15, 0.2) is 24.3 Å². The summed E-state index contributed by atoms with van der Waals surface area (Å²) in [6.45, 7) is -0.216. The Balaban J connectivity index is 1.84. The Morgan fingerprint density at radius 1 is 1.32 bits per heavy atom. The van der Waals surface area contributed by atoms with E-state index in [-0.39, 0.29) is 46.7 Å². The second-order valence-corrected chi connectivity index (χ2v) is 7.85. The van der Waals surface area contributed by atoms with E-state index in [1.807, 2.05) is 0 Å². The summed E-state index contributed by atoms with van der Waals surface area (Å²) in [4.78, 5) is 12.4. The molecule has 1 aromatic heterocycles. The first-order valence-corrected chi connectivity index (χ1v) is 9.62. The maximum Gasteiger partial charge on any atom is 0.254 e. The number of halogens is 5. The zero-order valence-corrected chi connectivity index (χ0v) is 16.7. The van der Waals surface area contributed by atoms with E-state index in [4.69, 9.17) is 34.8 Å². The summed E-state index contributed by atoms with van der Waals surface area (Å²) < 4.78 is 28.0. The molecule has 3 rings (SSSR count). The standard InChI is InChI=1S/C18H16Cl3F2N3O2/c19-14-7-11(16(21)26-25-14)17(27)24-8-18(28)5-4-9(22)6-12(18)10-2-1-3-13(23)15(10)20/h1-3,7,9,12,28H,4-6,8H2,(H,24,27)/t9-,12?,18+/m0/s1. The van der Waals surface area contributed by atoms with E-state index in [1.54, 1.807) is 6.07 Å². The number of amides is 1. The van der Waals surface area contributed by atoms with Crippen molar-refractivity contribution in [3.63, 3.8) is 0 Å². The summed E-state index contributed by atoms with van der Waals surface area (Å²) >= 11 is 17.7. The molecule has 1 unspecified atom stereocenters. The Bertz CT molecular complexity index is 902. The highest BCUT2D eigenvalue weighted by atomic mass is 35.5. The van der Waals surface area contributed by atoms with Crippen LogP contribution >= 0.6 is 34.8 Å². The van der Waals surface area contributed by atoms with Gasteiger partial charge in [-0.3, -0.25) is 4.79 Å². The van der Waals surface area contributed by atoms with Gasteiger partial charge in [-0.25, -0.2) is 8.78 Å². The van der Waals surface area contributed by atoms with Gasteiger partial charge in [-0.15, -0.1) is 10.2 Å². The molecule has 1 aliphatic rings. The van der Waals surface area contributed by atoms with E-state index in [9.17, 15) is 18.7 Å². The van der Waals surface area contributed by atoms with Crippen molar-refractivity contribution in [3.05, 3.63) is 56.5 Å². The van der Waals surface area contributed by atoms with Gasteiger partial charge in [0.25, 0.3) is 5.91 Å². The second kappa shape index (κ2) is 8.45. The number of hydrogen-bond acceptors (Lipinski definition) is 4. The van der Waals surface area contributed by atoms with Crippen molar-refractivity contribution in [2.75, 3.05) is 6.54 Å². The van der Waals surface area contributed by atoms with Crippen molar-refractivity contribution in [1.82, 2.24) is 15.5 Å². The Hall–Kier alpha value is -1.54. The predicted molar refractivity (Wildman–Crippen MR) is 102 cm³/mol. The maximum absolute atomic E-state index is 14.1. The van der Waals surface area contributed by atoms with Gasteiger partial charge in [-0.1, -0.05) is 46.9 Å². The van der Waals surface area contributed by atoms with Gasteiger partial charge in [0, 0.05) is 12.5 Å². The van der Waals surface area contributed by atoms with E-state index < -0.39 is 29.4 Å². The predicted octanol–water partition coefficient (Wildman–Crippen LogP) is 4.34. The molecule has 150 valence electrons. The fourth-order valence-electron chi connectivity index (χ4n) is 3.43. The Morgan fingerprint density at radius 3 is 2.82 bits per heavy atom. The molecule has 1 amide bonds. The van der Waals surface area contributed by atoms with Gasteiger partial charge in [-0.05, 0) is 37.0 Å². The summed E-state index contributed by atoms with van der Waals surface area (Å²) in [7, 11) is 0. The van der Waals surface area contributed by atoms with Crippen LogP contribution in [0.1, 0.15) is 41.1 Å². The van der Waals surface area contributed by atoms with E-state index in [1.165, 1.54) is 18.2 Å². The van der Waals surface area contributed by atoms with Crippen LogP contribution in [-0.2, 0) is 0 Å². The van der Waals surface area contributed by atoms with E-state index in [2.05, 4.69) is 15.5 Å². The molecule has 1 fully saturated rings. The van der Waals surface area contributed by atoms with E-state index in [0.717, 1.165) is 0 Å². The number of nitrogens with one attached hydrogen (secondary N) is 1. The van der Waals surface area contributed by atoms with E-state index in [0.29, 0.717) is 5.56 Å². The molecular formula is C18H16Cl3F2N3O2. The van der Waals surface area contributed by atoms with Crippen molar-refractivity contribution in [2.45, 2.75) is 37.0 Å². The molecule has 0 bridgehead atoms. The zero-order chi connectivity index (χ0) is 20.5. The molecule has 2 N–H and O–H groups in total. The molecule has 1 aliphatic carbocycles. The molecule has 3 atom stereocenters. The van der Waals surface area contributed by atoms with Crippen LogP contribution in [0, 0.1) is 5.82 Å². The Kier molecular flexibility index (Phi) is 6.39. The lowest BCUT2D eigenvalue weighted by Gasteiger charge is -2.42. The maximum atomic E-state index is 14.1. The number of benzene rings is 1. The second-order valence-electron chi connectivity index (χ2n) is 6.73. The average molecular weight is 451 g/mol. The lowest BCUT2D eigenvalue weighted by atomic mass is 9.71. The molecule has 2 aromatic rings. The molecule has 1 heterocycles. The van der Waals surface area contributed by atoms with Gasteiger partial charge in [0.15, 0.2) is 10.3 Å². The number of alkyl halides is 1. The third kappa shape index (κ3) is 4.38. The van der Waals surface area contributed by atoms with Crippen LogP contribution in [0.2, 0.25) is 15.3 Å². The molecule has 0 spiro atoms. The summed E-state index contributed by atoms with van der Waals surface area (Å²) in [5.41, 5.74) is -1.23. The summed E-state index contributed by atoms with van der Waals surface area (Å²) in [5.74, 6) is -2.08. The first-order chi connectivity index (χ1) is 13.2. The van der Waals surface area contributed by atoms with Crippen LogP contribution < -0.4 is 5.32 Å². The van der Waals surface area contributed by atoms with Gasteiger partial charge in [0.05, 0.1) is 16.2 Å². The fraction of sp³-hybridized carbons (Fsp3) is 0.389. The molecule has 28 heavy (non-hydrogen) atoms. The third-order valence-electron chi connectivity index (χ3n) is 4.91. The van der Waals surface area contributed by atoms with Gasteiger partial charge in [0.2, 0.25) is 0 Å². The zero-order valence-electron chi connectivity index (χ0n) is 14.4. The first kappa shape index (κ1) is 21.2.